The van der Waals surface area contributed by atoms with Crippen LogP contribution in [0.2, 0.25) is 5.02 Å². The summed E-state index contributed by atoms with van der Waals surface area (Å²) in [7, 11) is 0. The van der Waals surface area contributed by atoms with Crippen LogP contribution in [0.25, 0.3) is 21.9 Å². The number of aromatic hydroxyl groups is 1. The molecule has 4 N–H and O–H groups in total. The Labute approximate surface area is 188 Å². The van der Waals surface area contributed by atoms with Crippen molar-refractivity contribution >= 4 is 51.1 Å². The second-order valence-electron chi connectivity index (χ2n) is 8.25. The molecule has 9 heteroatoms. The zero-order valence-corrected chi connectivity index (χ0v) is 18.4. The molecule has 0 amide bonds. The molecule has 158 valence electrons. The van der Waals surface area contributed by atoms with Crippen LogP contribution in [-0.4, -0.2) is 44.2 Å². The summed E-state index contributed by atoms with van der Waals surface area (Å²) in [5, 5.41) is 13.1. The highest BCUT2D eigenvalue weighted by atomic mass is 35.5. The highest BCUT2D eigenvalue weighted by Gasteiger charge is 2.54. The number of aromatic amines is 1. The third-order valence-electron chi connectivity index (χ3n) is 6.42. The summed E-state index contributed by atoms with van der Waals surface area (Å²) in [6.45, 7) is 3.86. The number of pyridine rings is 1. The van der Waals surface area contributed by atoms with Gasteiger partial charge in [-0.05, 0) is 48.2 Å². The van der Waals surface area contributed by atoms with Crippen LogP contribution in [0.1, 0.15) is 12.6 Å². The number of benzene rings is 1. The Morgan fingerprint density at radius 3 is 2.87 bits per heavy atom. The molecule has 1 aliphatic heterocycles. The number of hydrogen-bond acceptors (Lipinski definition) is 7. The van der Waals surface area contributed by atoms with E-state index in [-0.39, 0.29) is 5.75 Å². The fourth-order valence-electron chi connectivity index (χ4n) is 4.61. The number of nitrogens with two attached hydrogens (primary N) is 1. The van der Waals surface area contributed by atoms with Crippen molar-refractivity contribution in [1.29, 1.82) is 0 Å². The van der Waals surface area contributed by atoms with Crippen molar-refractivity contribution in [3.05, 3.63) is 41.2 Å². The van der Waals surface area contributed by atoms with E-state index >= 15 is 0 Å². The molecule has 0 spiro atoms. The summed E-state index contributed by atoms with van der Waals surface area (Å²) in [4.78, 5) is 20.6. The number of aryl methyl sites for hydroxylation is 1. The molecule has 1 aromatic carbocycles. The van der Waals surface area contributed by atoms with E-state index in [9.17, 15) is 5.11 Å². The zero-order valence-electron chi connectivity index (χ0n) is 16.8. The summed E-state index contributed by atoms with van der Waals surface area (Å²) >= 11 is 8.13. The second-order valence-corrected chi connectivity index (χ2v) is 9.67. The van der Waals surface area contributed by atoms with Gasteiger partial charge in [0.2, 0.25) is 0 Å². The standard InChI is InChI=1S/C22H21ClN6OS/c1-2-14-18(23)17-20(26-14)27-22(28-21(17)29-8-12-13(9-29)19(12)24)31-10-6-11-15(25-7-10)4-3-5-16(11)30/h3-7,12-13,19,30H,2,8-9,24H2,1H3,(H,26,27,28). The lowest BCUT2D eigenvalue weighted by Crippen LogP contribution is -2.29. The highest BCUT2D eigenvalue weighted by Crippen LogP contribution is 2.47. The molecule has 7 nitrogen and oxygen atoms in total. The third kappa shape index (κ3) is 3.04. The molecule has 4 heterocycles. The summed E-state index contributed by atoms with van der Waals surface area (Å²) < 4.78 is 0. The van der Waals surface area contributed by atoms with Crippen LogP contribution in [0.3, 0.4) is 0 Å². The Bertz CT molecular complexity index is 1330. The molecule has 0 radical (unpaired) electrons. The van der Waals surface area contributed by atoms with Gasteiger partial charge in [0.1, 0.15) is 17.2 Å². The van der Waals surface area contributed by atoms with Crippen molar-refractivity contribution in [1.82, 2.24) is 19.9 Å². The molecule has 4 aromatic rings. The number of H-pyrrole nitrogens is 1. The monoisotopic (exact) mass is 452 g/mol. The fraction of sp³-hybridized carbons (Fsp3) is 0.318. The number of anilines is 1. The minimum Gasteiger partial charge on any atom is -0.507 e. The smallest absolute Gasteiger partial charge is 0.196 e. The highest BCUT2D eigenvalue weighted by molar-refractivity contribution is 7.99. The maximum Gasteiger partial charge on any atom is 0.196 e. The number of hydrogen-bond donors (Lipinski definition) is 3. The number of halogens is 1. The van der Waals surface area contributed by atoms with Crippen LogP contribution in [0.4, 0.5) is 5.82 Å². The molecule has 2 unspecified atom stereocenters. The predicted octanol–water partition coefficient (Wildman–Crippen LogP) is 3.97. The maximum absolute atomic E-state index is 10.2. The van der Waals surface area contributed by atoms with Crippen LogP contribution in [-0.2, 0) is 6.42 Å². The molecule has 1 aliphatic carbocycles. The first-order chi connectivity index (χ1) is 15.0. The SMILES string of the molecule is CCc1[nH]c2nc(Sc3cnc4cccc(O)c4c3)nc(N3CC4C(N)C4C3)c2c1Cl. The minimum absolute atomic E-state index is 0.209. The van der Waals surface area contributed by atoms with Crippen molar-refractivity contribution in [2.75, 3.05) is 18.0 Å². The van der Waals surface area contributed by atoms with Gasteiger partial charge in [0.05, 0.1) is 15.9 Å². The summed E-state index contributed by atoms with van der Waals surface area (Å²) in [5.41, 5.74) is 8.61. The van der Waals surface area contributed by atoms with E-state index in [1.165, 1.54) is 11.8 Å². The van der Waals surface area contributed by atoms with Gasteiger partial charge in [0.15, 0.2) is 5.16 Å². The lowest BCUT2D eigenvalue weighted by molar-refractivity contribution is 0.481. The van der Waals surface area contributed by atoms with Gasteiger partial charge < -0.3 is 20.7 Å². The molecular formula is C22H21ClN6OS. The van der Waals surface area contributed by atoms with Gasteiger partial charge in [-0.1, -0.05) is 24.6 Å². The fourth-order valence-corrected chi connectivity index (χ4v) is 5.73. The number of piperidine rings is 1. The Hall–Kier alpha value is -2.55. The van der Waals surface area contributed by atoms with E-state index in [4.69, 9.17) is 27.3 Å². The Morgan fingerprint density at radius 1 is 1.29 bits per heavy atom. The lowest BCUT2D eigenvalue weighted by atomic mass is 10.2. The molecule has 1 saturated carbocycles. The number of phenolic OH excluding ortho intramolecular Hbond substituents is 1. The van der Waals surface area contributed by atoms with Gasteiger partial charge >= 0.3 is 0 Å². The molecule has 2 atom stereocenters. The van der Waals surface area contributed by atoms with E-state index in [2.05, 4.69) is 21.8 Å². The number of rotatable bonds is 4. The average Bonchev–Trinajstić information content (AvgIpc) is 3.09. The summed E-state index contributed by atoms with van der Waals surface area (Å²) in [6.07, 6.45) is 2.57. The van der Waals surface area contributed by atoms with Crippen LogP contribution < -0.4 is 10.6 Å². The molecule has 2 fully saturated rings. The quantitative estimate of drug-likeness (QED) is 0.402. The normalized spacial score (nSPS) is 22.4. The maximum atomic E-state index is 10.2. The Balaban J connectivity index is 1.43. The van der Waals surface area contributed by atoms with Crippen molar-refractivity contribution in [3.8, 4) is 5.75 Å². The van der Waals surface area contributed by atoms with E-state index in [1.807, 2.05) is 12.1 Å². The topological polar surface area (TPSA) is 104 Å². The van der Waals surface area contributed by atoms with Crippen LogP contribution in [0.5, 0.6) is 5.75 Å². The van der Waals surface area contributed by atoms with Gasteiger partial charge in [-0.2, -0.15) is 0 Å². The number of nitrogens with zero attached hydrogens (tertiary/aromatic N) is 4. The van der Waals surface area contributed by atoms with Gasteiger partial charge in [-0.3, -0.25) is 4.98 Å². The molecular weight excluding hydrogens is 432 g/mol. The van der Waals surface area contributed by atoms with Crippen LogP contribution in [0.15, 0.2) is 40.5 Å². The van der Waals surface area contributed by atoms with Crippen LogP contribution in [0, 0.1) is 11.8 Å². The number of nitrogens with one attached hydrogen (secondary N) is 1. The third-order valence-corrected chi connectivity index (χ3v) is 7.66. The van der Waals surface area contributed by atoms with Crippen molar-refractivity contribution < 1.29 is 5.11 Å². The molecule has 2 aliphatic rings. The van der Waals surface area contributed by atoms with E-state index in [0.717, 1.165) is 52.5 Å². The molecule has 0 bridgehead atoms. The van der Waals surface area contributed by atoms with Crippen molar-refractivity contribution in [3.63, 3.8) is 0 Å². The number of fused-ring (bicyclic) bond motifs is 3. The van der Waals surface area contributed by atoms with Gasteiger partial charge in [0, 0.05) is 41.3 Å². The minimum atomic E-state index is 0.209. The van der Waals surface area contributed by atoms with Gasteiger partial charge in [0.25, 0.3) is 0 Å². The van der Waals surface area contributed by atoms with Gasteiger partial charge in [-0.25, -0.2) is 9.97 Å². The molecule has 6 rings (SSSR count). The lowest BCUT2D eigenvalue weighted by Gasteiger charge is -2.21. The van der Waals surface area contributed by atoms with Gasteiger partial charge in [-0.15, -0.1) is 0 Å². The molecule has 31 heavy (non-hydrogen) atoms. The Morgan fingerprint density at radius 2 is 2.10 bits per heavy atom. The van der Waals surface area contributed by atoms with E-state index < -0.39 is 0 Å². The summed E-state index contributed by atoms with van der Waals surface area (Å²) in [5.74, 6) is 2.15. The first-order valence-corrected chi connectivity index (χ1v) is 11.6. The molecule has 1 saturated heterocycles. The van der Waals surface area contributed by atoms with Crippen molar-refractivity contribution in [2.45, 2.75) is 29.4 Å². The first kappa shape index (κ1) is 19.2. The number of phenols is 1. The Kier molecular flexibility index (Phi) is 4.31. The van der Waals surface area contributed by atoms with Crippen molar-refractivity contribution in [2.24, 2.45) is 17.6 Å². The van der Waals surface area contributed by atoms with Crippen LogP contribution >= 0.6 is 23.4 Å². The second kappa shape index (κ2) is 6.98. The van der Waals surface area contributed by atoms with E-state index in [1.54, 1.807) is 18.3 Å². The average molecular weight is 453 g/mol. The summed E-state index contributed by atoms with van der Waals surface area (Å²) in [6, 6.07) is 7.55. The largest absolute Gasteiger partial charge is 0.507 e. The van der Waals surface area contributed by atoms with E-state index in [0.29, 0.717) is 33.4 Å². The zero-order chi connectivity index (χ0) is 21.3. The predicted molar refractivity (Wildman–Crippen MR) is 123 cm³/mol. The first-order valence-electron chi connectivity index (χ1n) is 10.4. The molecule has 3 aromatic heterocycles. The number of aromatic nitrogens is 4.